The summed E-state index contributed by atoms with van der Waals surface area (Å²) in [5, 5.41) is 15.7. The van der Waals surface area contributed by atoms with Crippen LogP contribution in [0, 0.1) is 0 Å². The molecule has 0 unspecified atom stereocenters. The van der Waals surface area contributed by atoms with Crippen molar-refractivity contribution in [3.63, 3.8) is 0 Å². The number of carboxylic acid groups (broad SMARTS) is 1. The fourth-order valence-electron chi connectivity index (χ4n) is 0.976. The molecule has 0 bridgehead atoms. The molecule has 0 amide bonds. The van der Waals surface area contributed by atoms with E-state index < -0.39 is 15.8 Å². The minimum atomic E-state index is -2.91. The van der Waals surface area contributed by atoms with Crippen molar-refractivity contribution in [1.82, 2.24) is 15.0 Å². The van der Waals surface area contributed by atoms with Crippen LogP contribution in [0.5, 0.6) is 0 Å². The lowest BCUT2D eigenvalue weighted by Gasteiger charge is -2.00. The van der Waals surface area contributed by atoms with Crippen molar-refractivity contribution in [2.24, 2.45) is 0 Å². The molecule has 0 saturated heterocycles. The third kappa shape index (κ3) is 5.68. The van der Waals surface area contributed by atoms with Gasteiger partial charge in [0.1, 0.15) is 9.84 Å². The maximum Gasteiger partial charge on any atom is 0.358 e. The van der Waals surface area contributed by atoms with Gasteiger partial charge in [0.2, 0.25) is 0 Å². The Morgan fingerprint density at radius 1 is 1.53 bits per heavy atom. The first-order valence-electron chi connectivity index (χ1n) is 4.77. The maximum absolute atomic E-state index is 10.8. The number of hydrogen-bond acceptors (Lipinski definition) is 6. The molecule has 0 saturated carbocycles. The van der Waals surface area contributed by atoms with Crippen LogP contribution in [0.1, 0.15) is 10.5 Å². The lowest BCUT2D eigenvalue weighted by atomic mass is 10.5. The molecule has 0 aliphatic rings. The summed E-state index contributed by atoms with van der Waals surface area (Å²) in [4.78, 5) is 10.5. The number of aryl methyl sites for hydroxylation is 1. The van der Waals surface area contributed by atoms with E-state index in [1.807, 2.05) is 0 Å². The van der Waals surface area contributed by atoms with Crippen LogP contribution in [0.25, 0.3) is 0 Å². The summed E-state index contributed by atoms with van der Waals surface area (Å²) in [7, 11) is -2.91. The zero-order chi connectivity index (χ0) is 12.9. The molecule has 1 rings (SSSR count). The predicted octanol–water partition coefficient (Wildman–Crippen LogP) is -0.246. The summed E-state index contributed by atoms with van der Waals surface area (Å²) < 4.78 is 23.1. The highest BCUT2D eigenvalue weighted by Gasteiger charge is 2.07. The number of aromatic carboxylic acids is 1. The summed E-state index contributed by atoms with van der Waals surface area (Å²) in [6, 6.07) is 0. The molecule has 17 heavy (non-hydrogen) atoms. The van der Waals surface area contributed by atoms with Gasteiger partial charge < -0.3 is 5.11 Å². The van der Waals surface area contributed by atoms with Crippen molar-refractivity contribution in [3.05, 3.63) is 11.9 Å². The largest absolute Gasteiger partial charge is 0.476 e. The van der Waals surface area contributed by atoms with E-state index in [-0.39, 0.29) is 11.4 Å². The second-order valence-electron chi connectivity index (χ2n) is 3.41. The van der Waals surface area contributed by atoms with E-state index in [0.717, 1.165) is 0 Å². The molecule has 0 radical (unpaired) electrons. The van der Waals surface area contributed by atoms with Crippen LogP contribution < -0.4 is 0 Å². The molecule has 1 heterocycles. The number of hydrogen-bond donors (Lipinski definition) is 1. The lowest BCUT2D eigenvalue weighted by molar-refractivity contribution is 0.0690. The van der Waals surface area contributed by atoms with E-state index in [0.29, 0.717) is 18.1 Å². The van der Waals surface area contributed by atoms with E-state index in [4.69, 9.17) is 5.11 Å². The van der Waals surface area contributed by atoms with Gasteiger partial charge in [-0.3, -0.25) is 4.68 Å². The van der Waals surface area contributed by atoms with Crippen molar-refractivity contribution in [3.8, 4) is 0 Å². The molecule has 0 atom stereocenters. The molecule has 1 aromatic heterocycles. The molecule has 1 N–H and O–H groups in total. The molecular weight excluding hydrogens is 266 g/mol. The van der Waals surface area contributed by atoms with Gasteiger partial charge in [0.25, 0.3) is 0 Å². The van der Waals surface area contributed by atoms with E-state index in [1.165, 1.54) is 28.9 Å². The van der Waals surface area contributed by atoms with E-state index in [1.54, 1.807) is 0 Å². The minimum absolute atomic E-state index is 0.0915. The molecule has 7 nitrogen and oxygen atoms in total. The fourth-order valence-corrected chi connectivity index (χ4v) is 3.18. The second-order valence-corrected chi connectivity index (χ2v) is 6.90. The Morgan fingerprint density at radius 2 is 2.24 bits per heavy atom. The maximum atomic E-state index is 10.8. The summed E-state index contributed by atoms with van der Waals surface area (Å²) in [6.07, 6.45) is 2.55. The number of aromatic nitrogens is 3. The number of thioether (sulfide) groups is 1. The monoisotopic (exact) mass is 279 g/mol. The molecule has 0 aromatic carbocycles. The van der Waals surface area contributed by atoms with Gasteiger partial charge in [0, 0.05) is 17.8 Å². The summed E-state index contributed by atoms with van der Waals surface area (Å²) in [5.41, 5.74) is -0.0915. The number of carboxylic acids is 1. The molecule has 0 aliphatic heterocycles. The summed E-state index contributed by atoms with van der Waals surface area (Å²) in [5.74, 6) is 0.230. The van der Waals surface area contributed by atoms with E-state index >= 15 is 0 Å². The lowest BCUT2D eigenvalue weighted by Crippen LogP contribution is -2.07. The molecule has 1 aromatic rings. The average Bonchev–Trinajstić information content (AvgIpc) is 2.64. The van der Waals surface area contributed by atoms with Crippen LogP contribution in [-0.2, 0) is 16.4 Å². The van der Waals surface area contributed by atoms with Gasteiger partial charge >= 0.3 is 5.97 Å². The van der Waals surface area contributed by atoms with Crippen LogP contribution in [0.4, 0.5) is 0 Å². The first-order valence-corrected chi connectivity index (χ1v) is 7.99. The van der Waals surface area contributed by atoms with Gasteiger partial charge in [0.05, 0.1) is 18.5 Å². The summed E-state index contributed by atoms with van der Waals surface area (Å²) in [6.45, 7) is 0.509. The van der Waals surface area contributed by atoms with Gasteiger partial charge in [-0.25, -0.2) is 13.2 Å². The highest BCUT2D eigenvalue weighted by Crippen LogP contribution is 2.03. The van der Waals surface area contributed by atoms with E-state index in [9.17, 15) is 13.2 Å². The van der Waals surface area contributed by atoms with Crippen LogP contribution in [0.15, 0.2) is 6.20 Å². The Labute approximate surface area is 103 Å². The van der Waals surface area contributed by atoms with Crippen molar-refractivity contribution in [2.75, 3.05) is 23.5 Å². The van der Waals surface area contributed by atoms with Gasteiger partial charge in [-0.1, -0.05) is 5.21 Å². The second kappa shape index (κ2) is 6.01. The van der Waals surface area contributed by atoms with Crippen LogP contribution in [0.2, 0.25) is 0 Å². The third-order valence-electron chi connectivity index (χ3n) is 1.82. The summed E-state index contributed by atoms with van der Waals surface area (Å²) >= 11 is 1.48. The van der Waals surface area contributed by atoms with Crippen LogP contribution in [-0.4, -0.2) is 58.0 Å². The SMILES string of the molecule is CS(=O)(=O)CCSCCn1cc(C(=O)O)nn1. The van der Waals surface area contributed by atoms with E-state index in [2.05, 4.69) is 10.3 Å². The third-order valence-corrected chi connectivity index (χ3v) is 3.99. The van der Waals surface area contributed by atoms with Gasteiger partial charge in [-0.15, -0.1) is 5.10 Å². The van der Waals surface area contributed by atoms with Gasteiger partial charge in [-0.2, -0.15) is 11.8 Å². The Balaban J connectivity index is 2.24. The number of rotatable bonds is 7. The highest BCUT2D eigenvalue weighted by molar-refractivity contribution is 8.00. The number of nitrogens with zero attached hydrogens (tertiary/aromatic N) is 3. The highest BCUT2D eigenvalue weighted by atomic mass is 32.2. The van der Waals surface area contributed by atoms with Crippen LogP contribution >= 0.6 is 11.8 Å². The van der Waals surface area contributed by atoms with Crippen LogP contribution in [0.3, 0.4) is 0 Å². The Morgan fingerprint density at radius 3 is 2.76 bits per heavy atom. The van der Waals surface area contributed by atoms with Crippen molar-refractivity contribution in [2.45, 2.75) is 6.54 Å². The first kappa shape index (κ1) is 14.0. The predicted molar refractivity (Wildman–Crippen MR) is 64.0 cm³/mol. The molecule has 0 spiro atoms. The Hall–Kier alpha value is -1.09. The quantitative estimate of drug-likeness (QED) is 0.687. The topological polar surface area (TPSA) is 102 Å². The number of sulfone groups is 1. The molecule has 9 heteroatoms. The molecule has 96 valence electrons. The zero-order valence-corrected chi connectivity index (χ0v) is 10.9. The standard InChI is InChI=1S/C8H13N3O4S2/c1-17(14,15)5-4-16-3-2-11-6-7(8(12)13)9-10-11/h6H,2-5H2,1H3,(H,12,13). The van der Waals surface area contributed by atoms with Gasteiger partial charge in [0.15, 0.2) is 5.69 Å². The first-order chi connectivity index (χ1) is 7.88. The smallest absolute Gasteiger partial charge is 0.358 e. The Kier molecular flexibility index (Phi) is 4.94. The van der Waals surface area contributed by atoms with Crippen molar-refractivity contribution in [1.29, 1.82) is 0 Å². The van der Waals surface area contributed by atoms with Crippen molar-refractivity contribution < 1.29 is 18.3 Å². The number of carbonyl (C=O) groups is 1. The molecule has 0 aliphatic carbocycles. The van der Waals surface area contributed by atoms with Gasteiger partial charge in [-0.05, 0) is 0 Å². The average molecular weight is 279 g/mol. The minimum Gasteiger partial charge on any atom is -0.476 e. The zero-order valence-electron chi connectivity index (χ0n) is 9.24. The molecule has 0 fully saturated rings. The molecular formula is C8H13N3O4S2. The fraction of sp³-hybridized carbons (Fsp3) is 0.625. The van der Waals surface area contributed by atoms with Crippen molar-refractivity contribution >= 4 is 27.6 Å². The Bertz CT molecular complexity index is 483. The normalized spacial score (nSPS) is 11.6.